The first-order valence-corrected chi connectivity index (χ1v) is 4.50. The predicted octanol–water partition coefficient (Wildman–Crippen LogP) is 1.08. The highest BCUT2D eigenvalue weighted by atomic mass is 16.5. The van der Waals surface area contributed by atoms with Crippen molar-refractivity contribution in [3.8, 4) is 0 Å². The molecule has 13 heavy (non-hydrogen) atoms. The zero-order chi connectivity index (χ0) is 9.53. The van der Waals surface area contributed by atoms with Crippen LogP contribution in [0.4, 0.5) is 0 Å². The fraction of sp³-hybridized carbons (Fsp3) is 0.700. The zero-order valence-electron chi connectivity index (χ0n) is 8.00. The van der Waals surface area contributed by atoms with Gasteiger partial charge in [0.1, 0.15) is 5.60 Å². The van der Waals surface area contributed by atoms with Crippen LogP contribution in [0.25, 0.3) is 0 Å². The van der Waals surface area contributed by atoms with Gasteiger partial charge in [0.25, 0.3) is 0 Å². The van der Waals surface area contributed by atoms with Gasteiger partial charge in [0.15, 0.2) is 5.78 Å². The van der Waals surface area contributed by atoms with E-state index in [-0.39, 0.29) is 11.4 Å². The fourth-order valence-electron chi connectivity index (χ4n) is 2.18. The van der Waals surface area contributed by atoms with Crippen molar-refractivity contribution in [1.29, 1.82) is 0 Å². The van der Waals surface area contributed by atoms with Crippen LogP contribution < -0.4 is 0 Å². The van der Waals surface area contributed by atoms with Crippen LogP contribution in [-0.4, -0.2) is 31.2 Å². The van der Waals surface area contributed by atoms with E-state index in [9.17, 15) is 4.79 Å². The van der Waals surface area contributed by atoms with Crippen molar-refractivity contribution in [1.82, 2.24) is 0 Å². The zero-order valence-corrected chi connectivity index (χ0v) is 8.00. The molecule has 0 spiro atoms. The van der Waals surface area contributed by atoms with Gasteiger partial charge < -0.3 is 9.47 Å². The van der Waals surface area contributed by atoms with Gasteiger partial charge in [0.05, 0.1) is 5.60 Å². The standard InChI is InChI=1S/C10H14O3/c1-12-9-3-5-10(13-2,6-4-9)8(11)7-9/h3,5H,4,6-7H2,1-2H3. The van der Waals surface area contributed by atoms with Crippen LogP contribution in [0, 0.1) is 0 Å². The summed E-state index contributed by atoms with van der Waals surface area (Å²) in [5, 5.41) is 0. The summed E-state index contributed by atoms with van der Waals surface area (Å²) in [5.41, 5.74) is -0.975. The highest BCUT2D eigenvalue weighted by molar-refractivity contribution is 5.93. The first kappa shape index (κ1) is 8.91. The number of hydrogen-bond donors (Lipinski definition) is 0. The Balaban J connectivity index is 2.36. The monoisotopic (exact) mass is 182 g/mol. The molecule has 2 atom stereocenters. The molecule has 2 unspecified atom stereocenters. The quantitative estimate of drug-likeness (QED) is 0.599. The molecule has 2 bridgehead atoms. The molecule has 3 aliphatic rings. The molecule has 0 heterocycles. The Morgan fingerprint density at radius 3 is 2.38 bits per heavy atom. The number of methoxy groups -OCH3 is 2. The van der Waals surface area contributed by atoms with E-state index in [1.165, 1.54) is 0 Å². The van der Waals surface area contributed by atoms with Crippen molar-refractivity contribution in [2.75, 3.05) is 14.2 Å². The van der Waals surface area contributed by atoms with Crippen molar-refractivity contribution < 1.29 is 14.3 Å². The summed E-state index contributed by atoms with van der Waals surface area (Å²) < 4.78 is 10.6. The molecule has 0 amide bonds. The van der Waals surface area contributed by atoms with Crippen LogP contribution in [0.1, 0.15) is 19.3 Å². The van der Waals surface area contributed by atoms with Gasteiger partial charge in [-0.3, -0.25) is 4.79 Å². The molecule has 0 radical (unpaired) electrons. The van der Waals surface area contributed by atoms with E-state index in [2.05, 4.69) is 0 Å². The molecule has 0 aromatic rings. The molecule has 3 heteroatoms. The van der Waals surface area contributed by atoms with E-state index in [4.69, 9.17) is 9.47 Å². The van der Waals surface area contributed by atoms with Crippen LogP contribution in [0.2, 0.25) is 0 Å². The van der Waals surface area contributed by atoms with Crippen molar-refractivity contribution in [3.63, 3.8) is 0 Å². The molecule has 0 N–H and O–H groups in total. The van der Waals surface area contributed by atoms with Gasteiger partial charge in [-0.2, -0.15) is 0 Å². The van der Waals surface area contributed by atoms with E-state index in [0.717, 1.165) is 12.8 Å². The van der Waals surface area contributed by atoms with Gasteiger partial charge in [0, 0.05) is 20.6 Å². The highest BCUT2D eigenvalue weighted by Crippen LogP contribution is 2.43. The first-order valence-electron chi connectivity index (χ1n) is 4.50. The Hall–Kier alpha value is -0.670. The van der Waals surface area contributed by atoms with Gasteiger partial charge in [0.2, 0.25) is 0 Å². The molecule has 0 saturated heterocycles. The minimum absolute atomic E-state index is 0.144. The van der Waals surface area contributed by atoms with Gasteiger partial charge in [-0.05, 0) is 18.9 Å². The van der Waals surface area contributed by atoms with Crippen molar-refractivity contribution >= 4 is 5.78 Å². The van der Waals surface area contributed by atoms with Crippen molar-refractivity contribution in [3.05, 3.63) is 12.2 Å². The minimum atomic E-state index is -0.639. The average molecular weight is 182 g/mol. The lowest BCUT2D eigenvalue weighted by atomic mass is 9.69. The predicted molar refractivity (Wildman–Crippen MR) is 47.5 cm³/mol. The van der Waals surface area contributed by atoms with Crippen molar-refractivity contribution in [2.24, 2.45) is 0 Å². The van der Waals surface area contributed by atoms with Crippen molar-refractivity contribution in [2.45, 2.75) is 30.5 Å². The molecule has 0 aliphatic heterocycles. The summed E-state index contributed by atoms with van der Waals surface area (Å²) in [4.78, 5) is 11.7. The molecule has 1 fully saturated rings. The molecule has 3 nitrogen and oxygen atoms in total. The summed E-state index contributed by atoms with van der Waals surface area (Å²) >= 11 is 0. The lowest BCUT2D eigenvalue weighted by Gasteiger charge is -2.45. The Bertz CT molecular complexity index is 271. The number of Topliss-reactive ketones (excluding diaryl/α,β-unsaturated/α-hetero) is 1. The number of hydrogen-bond acceptors (Lipinski definition) is 3. The molecular formula is C10H14O3. The second kappa shape index (κ2) is 2.66. The number of ketones is 1. The maximum atomic E-state index is 11.7. The number of carbonyl (C=O) groups excluding carboxylic acids is 1. The summed E-state index contributed by atoms with van der Waals surface area (Å²) in [6.45, 7) is 0. The third-order valence-corrected chi connectivity index (χ3v) is 3.28. The van der Waals surface area contributed by atoms with Gasteiger partial charge >= 0.3 is 0 Å². The molecule has 72 valence electrons. The number of ether oxygens (including phenoxy) is 2. The Morgan fingerprint density at radius 1 is 1.23 bits per heavy atom. The van der Waals surface area contributed by atoms with Gasteiger partial charge in [-0.1, -0.05) is 6.08 Å². The normalized spacial score (nSPS) is 42.8. The van der Waals surface area contributed by atoms with Crippen LogP contribution >= 0.6 is 0 Å². The van der Waals surface area contributed by atoms with Gasteiger partial charge in [-0.25, -0.2) is 0 Å². The van der Waals surface area contributed by atoms with Gasteiger partial charge in [-0.15, -0.1) is 0 Å². The third-order valence-electron chi connectivity index (χ3n) is 3.28. The molecule has 0 aromatic heterocycles. The minimum Gasteiger partial charge on any atom is -0.374 e. The van der Waals surface area contributed by atoms with E-state index < -0.39 is 5.60 Å². The SMILES string of the molecule is COC12C=CC(OC)(CC1)C(=O)C2. The van der Waals surface area contributed by atoms with Crippen LogP contribution in [0.15, 0.2) is 12.2 Å². The van der Waals surface area contributed by atoms with E-state index >= 15 is 0 Å². The second-order valence-corrected chi connectivity index (χ2v) is 3.80. The Morgan fingerprint density at radius 2 is 2.00 bits per heavy atom. The topological polar surface area (TPSA) is 35.5 Å². The smallest absolute Gasteiger partial charge is 0.171 e. The van der Waals surface area contributed by atoms with E-state index in [1.807, 2.05) is 12.2 Å². The molecule has 1 saturated carbocycles. The van der Waals surface area contributed by atoms with Crippen LogP contribution in [-0.2, 0) is 14.3 Å². The van der Waals surface area contributed by atoms with E-state index in [1.54, 1.807) is 14.2 Å². The maximum Gasteiger partial charge on any atom is 0.171 e. The molecule has 0 aromatic carbocycles. The maximum absolute atomic E-state index is 11.7. The summed E-state index contributed by atoms with van der Waals surface area (Å²) in [5.74, 6) is 0.144. The Labute approximate surface area is 77.7 Å². The number of rotatable bonds is 2. The molecule has 3 aliphatic carbocycles. The summed E-state index contributed by atoms with van der Waals surface area (Å²) in [6.07, 6.45) is 5.90. The summed E-state index contributed by atoms with van der Waals surface area (Å²) in [7, 11) is 3.25. The third kappa shape index (κ3) is 1.07. The largest absolute Gasteiger partial charge is 0.374 e. The lowest BCUT2D eigenvalue weighted by molar-refractivity contribution is -0.152. The highest BCUT2D eigenvalue weighted by Gasteiger charge is 2.51. The number of carbonyl (C=O) groups is 1. The van der Waals surface area contributed by atoms with Crippen LogP contribution in [0.5, 0.6) is 0 Å². The Kier molecular flexibility index (Phi) is 1.82. The fourth-order valence-corrected chi connectivity index (χ4v) is 2.18. The molecule has 3 rings (SSSR count). The average Bonchev–Trinajstić information content (AvgIpc) is 2.20. The summed E-state index contributed by atoms with van der Waals surface area (Å²) in [6, 6.07) is 0. The second-order valence-electron chi connectivity index (χ2n) is 3.80. The number of fused-ring (bicyclic) bond motifs is 2. The van der Waals surface area contributed by atoms with E-state index in [0.29, 0.717) is 6.42 Å². The lowest BCUT2D eigenvalue weighted by Crippen LogP contribution is -2.54. The van der Waals surface area contributed by atoms with Crippen LogP contribution in [0.3, 0.4) is 0 Å². The molecular weight excluding hydrogens is 168 g/mol. The first-order chi connectivity index (χ1) is 6.16.